The third-order valence-corrected chi connectivity index (χ3v) is 4.27. The average molecular weight is 272 g/mol. The Balaban J connectivity index is 2.12. The van der Waals surface area contributed by atoms with E-state index in [1.54, 1.807) is 0 Å². The molecule has 0 bridgehead atoms. The minimum absolute atomic E-state index is 0.103. The van der Waals surface area contributed by atoms with Gasteiger partial charge in [-0.1, -0.05) is 18.2 Å². The van der Waals surface area contributed by atoms with E-state index in [0.717, 1.165) is 46.9 Å². The van der Waals surface area contributed by atoms with Crippen LogP contribution >= 0.6 is 11.8 Å². The Hall–Kier alpha value is -1.75. The van der Waals surface area contributed by atoms with Crippen LogP contribution in [0.4, 0.5) is 5.82 Å². The maximum Gasteiger partial charge on any atom is 0.130 e. The Labute approximate surface area is 116 Å². The molecule has 0 unspecified atom stereocenters. The van der Waals surface area contributed by atoms with Crippen LogP contribution in [0.5, 0.6) is 0 Å². The van der Waals surface area contributed by atoms with Crippen LogP contribution in [-0.2, 0) is 0 Å². The largest absolute Gasteiger partial charge is 0.384 e. The molecule has 98 valence electrons. The molecule has 5 heteroatoms. The fourth-order valence-corrected chi connectivity index (χ4v) is 3.24. The summed E-state index contributed by atoms with van der Waals surface area (Å²) >= 11 is 1.97. The second-order valence-corrected chi connectivity index (χ2v) is 5.78. The number of nitrogen functional groups attached to an aromatic ring is 1. The van der Waals surface area contributed by atoms with Crippen molar-refractivity contribution in [2.24, 2.45) is 5.73 Å². The van der Waals surface area contributed by atoms with Crippen molar-refractivity contribution in [3.05, 3.63) is 35.9 Å². The molecule has 19 heavy (non-hydrogen) atoms. The highest BCUT2D eigenvalue weighted by Crippen LogP contribution is 2.24. The number of nitrogens with two attached hydrogens (primary N) is 1. The molecule has 1 saturated heterocycles. The first kappa shape index (κ1) is 12.3. The second-order valence-electron chi connectivity index (χ2n) is 4.56. The van der Waals surface area contributed by atoms with Crippen molar-refractivity contribution in [1.82, 2.24) is 4.98 Å². The van der Waals surface area contributed by atoms with E-state index in [0.29, 0.717) is 0 Å². The van der Waals surface area contributed by atoms with E-state index in [1.807, 2.05) is 42.1 Å². The van der Waals surface area contributed by atoms with Crippen LogP contribution < -0.4 is 10.6 Å². The van der Waals surface area contributed by atoms with E-state index in [9.17, 15) is 0 Å². The van der Waals surface area contributed by atoms with Gasteiger partial charge in [0.15, 0.2) is 0 Å². The molecule has 1 fully saturated rings. The molecule has 2 aromatic rings. The predicted octanol–water partition coefficient (Wildman–Crippen LogP) is 2.07. The predicted molar refractivity (Wildman–Crippen MR) is 82.3 cm³/mol. The minimum atomic E-state index is 0.103. The molecule has 0 aliphatic carbocycles. The number of amidine groups is 1. The van der Waals surface area contributed by atoms with Gasteiger partial charge in [0.1, 0.15) is 11.7 Å². The third-order valence-electron chi connectivity index (χ3n) is 3.33. The Morgan fingerprint density at radius 1 is 1.26 bits per heavy atom. The van der Waals surface area contributed by atoms with Crippen molar-refractivity contribution in [3.63, 3.8) is 0 Å². The summed E-state index contributed by atoms with van der Waals surface area (Å²) in [5.41, 5.74) is 7.39. The summed E-state index contributed by atoms with van der Waals surface area (Å²) in [5, 5.41) is 8.70. The summed E-state index contributed by atoms with van der Waals surface area (Å²) in [6.07, 6.45) is 0. The summed E-state index contributed by atoms with van der Waals surface area (Å²) in [5.74, 6) is 3.30. The Morgan fingerprint density at radius 2 is 2.00 bits per heavy atom. The number of thioether (sulfide) groups is 1. The number of nitrogens with one attached hydrogen (secondary N) is 1. The number of aromatic nitrogens is 1. The number of hydrogen-bond acceptors (Lipinski definition) is 4. The number of benzene rings is 1. The molecule has 3 N–H and O–H groups in total. The topological polar surface area (TPSA) is 66.0 Å². The first-order chi connectivity index (χ1) is 9.25. The fraction of sp³-hybridized carbons (Fsp3) is 0.286. The Bertz CT molecular complexity index is 620. The smallest absolute Gasteiger partial charge is 0.130 e. The molecule has 1 aliphatic heterocycles. The molecule has 0 spiro atoms. The van der Waals surface area contributed by atoms with Gasteiger partial charge in [-0.3, -0.25) is 5.41 Å². The summed E-state index contributed by atoms with van der Waals surface area (Å²) < 4.78 is 0. The molecular weight excluding hydrogens is 256 g/mol. The molecule has 0 saturated carbocycles. The Morgan fingerprint density at radius 3 is 2.74 bits per heavy atom. The van der Waals surface area contributed by atoms with Gasteiger partial charge in [-0.05, 0) is 12.1 Å². The van der Waals surface area contributed by atoms with Crippen molar-refractivity contribution in [2.45, 2.75) is 0 Å². The van der Waals surface area contributed by atoms with Crippen molar-refractivity contribution < 1.29 is 0 Å². The molecule has 1 aromatic heterocycles. The van der Waals surface area contributed by atoms with Gasteiger partial charge in [-0.25, -0.2) is 4.98 Å². The molecular formula is C14H16N4S. The number of pyridine rings is 1. The normalized spacial score (nSPS) is 15.7. The van der Waals surface area contributed by atoms with Crippen LogP contribution in [0.1, 0.15) is 5.56 Å². The summed E-state index contributed by atoms with van der Waals surface area (Å²) in [6, 6.07) is 9.81. The maximum absolute atomic E-state index is 7.76. The summed E-state index contributed by atoms with van der Waals surface area (Å²) in [6.45, 7) is 2.01. The molecule has 0 atom stereocenters. The zero-order valence-corrected chi connectivity index (χ0v) is 11.4. The zero-order valence-electron chi connectivity index (χ0n) is 10.6. The highest BCUT2D eigenvalue weighted by Gasteiger charge is 2.15. The summed E-state index contributed by atoms with van der Waals surface area (Å²) in [4.78, 5) is 6.98. The van der Waals surface area contributed by atoms with Gasteiger partial charge in [0.05, 0.1) is 5.52 Å². The van der Waals surface area contributed by atoms with Crippen LogP contribution in [-0.4, -0.2) is 35.4 Å². The number of anilines is 1. The van der Waals surface area contributed by atoms with Crippen LogP contribution in [0, 0.1) is 5.41 Å². The maximum atomic E-state index is 7.76. The average Bonchev–Trinajstić information content (AvgIpc) is 2.47. The van der Waals surface area contributed by atoms with Crippen molar-refractivity contribution in [1.29, 1.82) is 5.41 Å². The molecule has 2 heterocycles. The van der Waals surface area contributed by atoms with E-state index in [4.69, 9.17) is 16.1 Å². The SMILES string of the molecule is N=C(N)c1cc(N2CCSCC2)nc2ccccc12. The number of hydrogen-bond donors (Lipinski definition) is 2. The highest BCUT2D eigenvalue weighted by atomic mass is 32.2. The van der Waals surface area contributed by atoms with E-state index in [1.165, 1.54) is 0 Å². The fourth-order valence-electron chi connectivity index (χ4n) is 2.34. The minimum Gasteiger partial charge on any atom is -0.384 e. The van der Waals surface area contributed by atoms with E-state index >= 15 is 0 Å². The van der Waals surface area contributed by atoms with Gasteiger partial charge in [-0.15, -0.1) is 0 Å². The van der Waals surface area contributed by atoms with E-state index in [-0.39, 0.29) is 5.84 Å². The van der Waals surface area contributed by atoms with Crippen LogP contribution in [0.15, 0.2) is 30.3 Å². The lowest BCUT2D eigenvalue weighted by Crippen LogP contribution is -2.33. The molecule has 0 radical (unpaired) electrons. The van der Waals surface area contributed by atoms with Gasteiger partial charge in [-0.2, -0.15) is 11.8 Å². The van der Waals surface area contributed by atoms with Crippen LogP contribution in [0.25, 0.3) is 10.9 Å². The van der Waals surface area contributed by atoms with Gasteiger partial charge < -0.3 is 10.6 Å². The van der Waals surface area contributed by atoms with Crippen molar-refractivity contribution in [2.75, 3.05) is 29.5 Å². The van der Waals surface area contributed by atoms with Crippen LogP contribution in [0.2, 0.25) is 0 Å². The zero-order chi connectivity index (χ0) is 13.2. The first-order valence-corrected chi connectivity index (χ1v) is 7.48. The lowest BCUT2D eigenvalue weighted by molar-refractivity contribution is 0.842. The third kappa shape index (κ3) is 2.38. The molecule has 0 amide bonds. The second kappa shape index (κ2) is 5.09. The molecule has 3 rings (SSSR count). The van der Waals surface area contributed by atoms with Crippen LogP contribution in [0.3, 0.4) is 0 Å². The van der Waals surface area contributed by atoms with Gasteiger partial charge in [0.25, 0.3) is 0 Å². The number of fused-ring (bicyclic) bond motifs is 1. The highest BCUT2D eigenvalue weighted by molar-refractivity contribution is 7.99. The lowest BCUT2D eigenvalue weighted by Gasteiger charge is -2.28. The summed E-state index contributed by atoms with van der Waals surface area (Å²) in [7, 11) is 0. The molecule has 4 nitrogen and oxygen atoms in total. The number of rotatable bonds is 2. The number of nitrogens with zero attached hydrogens (tertiary/aromatic N) is 2. The lowest BCUT2D eigenvalue weighted by atomic mass is 10.1. The molecule has 1 aromatic carbocycles. The van der Waals surface area contributed by atoms with Gasteiger partial charge in [0.2, 0.25) is 0 Å². The quantitative estimate of drug-likeness (QED) is 0.649. The van der Waals surface area contributed by atoms with Crippen molar-refractivity contribution in [3.8, 4) is 0 Å². The van der Waals surface area contributed by atoms with Gasteiger partial charge in [0, 0.05) is 35.5 Å². The van der Waals surface area contributed by atoms with Crippen molar-refractivity contribution >= 4 is 34.3 Å². The van der Waals surface area contributed by atoms with E-state index < -0.39 is 0 Å². The molecule has 1 aliphatic rings. The van der Waals surface area contributed by atoms with E-state index in [2.05, 4.69) is 4.90 Å². The standard InChI is InChI=1S/C14H16N4S/c15-14(16)11-9-13(18-5-7-19-8-6-18)17-12-4-2-1-3-10(11)12/h1-4,9H,5-8H2,(H3,15,16). The monoisotopic (exact) mass is 272 g/mol. The number of para-hydroxylation sites is 1. The Kier molecular flexibility index (Phi) is 3.29. The first-order valence-electron chi connectivity index (χ1n) is 6.32. The van der Waals surface area contributed by atoms with Gasteiger partial charge >= 0.3 is 0 Å².